The summed E-state index contributed by atoms with van der Waals surface area (Å²) in [4.78, 5) is 49.8. The summed E-state index contributed by atoms with van der Waals surface area (Å²) in [7, 11) is -2.47. The van der Waals surface area contributed by atoms with E-state index in [0.29, 0.717) is 29.4 Å². The van der Waals surface area contributed by atoms with E-state index in [1.807, 2.05) is 49.1 Å². The van der Waals surface area contributed by atoms with Crippen LogP contribution in [-0.2, 0) is 37.2 Å². The summed E-state index contributed by atoms with van der Waals surface area (Å²) in [6, 6.07) is 2.88. The highest BCUT2D eigenvalue weighted by Gasteiger charge is 2.67. The highest BCUT2D eigenvalue weighted by molar-refractivity contribution is 7.91. The van der Waals surface area contributed by atoms with Crippen LogP contribution in [0.2, 0.25) is 0 Å². The van der Waals surface area contributed by atoms with Gasteiger partial charge in [-0.15, -0.1) is 21.5 Å². The summed E-state index contributed by atoms with van der Waals surface area (Å²) in [5, 5.41) is 20.8. The molecule has 1 saturated heterocycles. The second-order valence-corrected chi connectivity index (χ2v) is 18.6. The van der Waals surface area contributed by atoms with Crippen molar-refractivity contribution in [2.24, 2.45) is 11.3 Å². The molecule has 292 valence electrons. The van der Waals surface area contributed by atoms with Gasteiger partial charge in [0, 0.05) is 23.9 Å². The van der Waals surface area contributed by atoms with Crippen LogP contribution < -0.4 is 20.1 Å². The molecule has 19 heteroatoms. The molecule has 3 N–H and O–H groups in total. The summed E-state index contributed by atoms with van der Waals surface area (Å²) in [5.74, 6) is -3.05. The van der Waals surface area contributed by atoms with E-state index < -0.39 is 80.8 Å². The number of aryl methyl sites for hydroxylation is 2. The average molecular weight is 790 g/mol. The molecule has 0 radical (unpaired) electrons. The van der Waals surface area contributed by atoms with E-state index in [9.17, 15) is 31.6 Å². The number of anilines is 1. The molecule has 0 spiro atoms. The number of alkyl halides is 2. The number of carbonyl (C=O) groups is 3. The van der Waals surface area contributed by atoms with Crippen molar-refractivity contribution in [3.8, 4) is 17.1 Å². The number of hydrogen-bond acceptors (Lipinski definition) is 12. The molecule has 8 bridgehead atoms. The van der Waals surface area contributed by atoms with E-state index in [2.05, 4.69) is 26.0 Å². The molecule has 3 amide bonds. The molecule has 7 rings (SSSR count). The van der Waals surface area contributed by atoms with Crippen LogP contribution in [-0.4, -0.2) is 99.2 Å². The first-order valence-electron chi connectivity index (χ1n) is 18.2. The Balaban J connectivity index is 1.23. The first-order chi connectivity index (χ1) is 25.6. The number of fused-ring (bicyclic) bond motifs is 10. The maximum Gasteiger partial charge on any atom is 0.259 e. The van der Waals surface area contributed by atoms with E-state index in [-0.39, 0.29) is 13.0 Å². The lowest BCUT2D eigenvalue weighted by Gasteiger charge is -2.35. The Morgan fingerprint density at radius 1 is 1.15 bits per heavy atom. The van der Waals surface area contributed by atoms with Gasteiger partial charge in [-0.1, -0.05) is 27.2 Å². The van der Waals surface area contributed by atoms with Crippen LogP contribution in [0.5, 0.6) is 5.75 Å². The molecule has 0 unspecified atom stereocenters. The minimum atomic E-state index is -4.09. The van der Waals surface area contributed by atoms with E-state index in [4.69, 9.17) is 9.72 Å². The number of nitrogens with zero attached hydrogens (tertiary/aromatic N) is 6. The number of ether oxygens (including phenoxy) is 1. The van der Waals surface area contributed by atoms with Gasteiger partial charge in [0.25, 0.3) is 5.91 Å². The zero-order valence-corrected chi connectivity index (χ0v) is 32.2. The van der Waals surface area contributed by atoms with Crippen molar-refractivity contribution >= 4 is 44.2 Å². The van der Waals surface area contributed by atoms with E-state index in [0.717, 1.165) is 49.1 Å². The van der Waals surface area contributed by atoms with Crippen molar-refractivity contribution in [3.63, 3.8) is 0 Å². The van der Waals surface area contributed by atoms with Gasteiger partial charge in [-0.2, -0.15) is 4.80 Å². The number of amides is 3. The molecule has 2 aliphatic heterocycles. The van der Waals surface area contributed by atoms with Crippen LogP contribution in [0.15, 0.2) is 23.6 Å². The molecule has 2 saturated carbocycles. The minimum Gasteiger partial charge on any atom is -0.496 e. The number of halogens is 2. The zero-order chi connectivity index (χ0) is 38.6. The van der Waals surface area contributed by atoms with Crippen LogP contribution in [0.1, 0.15) is 83.0 Å². The largest absolute Gasteiger partial charge is 0.496 e. The van der Waals surface area contributed by atoms with Crippen molar-refractivity contribution in [2.45, 2.75) is 114 Å². The van der Waals surface area contributed by atoms with E-state index in [1.165, 1.54) is 21.0 Å². The average Bonchev–Trinajstić information content (AvgIpc) is 3.92. The normalized spacial score (nSPS) is 26.2. The number of benzene rings is 1. The van der Waals surface area contributed by atoms with Crippen LogP contribution in [0.25, 0.3) is 11.4 Å². The van der Waals surface area contributed by atoms with Crippen LogP contribution in [0.3, 0.4) is 0 Å². The molecule has 3 aromatic rings. The number of aromatic nitrogens is 5. The second-order valence-electron chi connectivity index (χ2n) is 15.8. The summed E-state index contributed by atoms with van der Waals surface area (Å²) in [5.41, 5.74) is -0.244. The molecule has 4 aliphatic rings. The maximum atomic E-state index is 14.7. The summed E-state index contributed by atoms with van der Waals surface area (Å²) in [6.45, 7) is 5.60. The van der Waals surface area contributed by atoms with E-state index in [1.54, 1.807) is 7.11 Å². The Morgan fingerprint density at radius 2 is 1.91 bits per heavy atom. The number of sulfonamides is 1. The van der Waals surface area contributed by atoms with Gasteiger partial charge in [0.2, 0.25) is 34.1 Å². The number of rotatable bonds is 7. The lowest BCUT2D eigenvalue weighted by atomic mass is 9.85. The molecule has 2 aromatic heterocycles. The lowest BCUT2D eigenvalue weighted by molar-refractivity contribution is -0.141. The van der Waals surface area contributed by atoms with Crippen LogP contribution in [0, 0.1) is 11.3 Å². The van der Waals surface area contributed by atoms with Crippen molar-refractivity contribution in [1.29, 1.82) is 0 Å². The fourth-order valence-corrected chi connectivity index (χ4v) is 9.48. The Hall–Kier alpha value is -4.26. The molecule has 4 heterocycles. The number of nitrogens with one attached hydrogen (secondary N) is 3. The van der Waals surface area contributed by atoms with Crippen LogP contribution >= 0.6 is 11.3 Å². The fourth-order valence-electron chi connectivity index (χ4n) is 7.34. The van der Waals surface area contributed by atoms with Gasteiger partial charge < -0.3 is 20.3 Å². The third-order valence-electron chi connectivity index (χ3n) is 10.7. The highest BCUT2D eigenvalue weighted by Crippen LogP contribution is 2.48. The maximum absolute atomic E-state index is 14.7. The number of hydrogen-bond donors (Lipinski definition) is 3. The first kappa shape index (κ1) is 38.0. The van der Waals surface area contributed by atoms with Gasteiger partial charge in [-0.25, -0.2) is 22.2 Å². The number of thiazole rings is 1. The molecule has 15 nitrogen and oxygen atoms in total. The van der Waals surface area contributed by atoms with E-state index >= 15 is 0 Å². The zero-order valence-electron chi connectivity index (χ0n) is 30.5. The van der Waals surface area contributed by atoms with Crippen molar-refractivity contribution in [1.82, 2.24) is 40.1 Å². The predicted molar refractivity (Wildman–Crippen MR) is 194 cm³/mol. The molecule has 2 aliphatic carbocycles. The number of carbonyl (C=O) groups excluding carboxylic acids is 3. The number of methoxy groups -OCH3 is 1. The summed E-state index contributed by atoms with van der Waals surface area (Å²) in [6.07, 6.45) is 1.53. The Kier molecular flexibility index (Phi) is 10.2. The lowest BCUT2D eigenvalue weighted by Crippen LogP contribution is -2.59. The van der Waals surface area contributed by atoms with Gasteiger partial charge in [0.05, 0.1) is 30.0 Å². The molecule has 1 aromatic carbocycles. The molecule has 5 atom stereocenters. The molecular formula is C35H45F2N9O6S2. The Labute approximate surface area is 316 Å². The molecular weight excluding hydrogens is 745 g/mol. The van der Waals surface area contributed by atoms with Gasteiger partial charge >= 0.3 is 0 Å². The quantitative estimate of drug-likeness (QED) is 0.318. The van der Waals surface area contributed by atoms with Gasteiger partial charge in [0.1, 0.15) is 23.4 Å². The predicted octanol–water partition coefficient (Wildman–Crippen LogP) is 3.49. The monoisotopic (exact) mass is 789 g/mol. The SMILES string of the molecule is COc1ccc2cc1CCCCCc1csc(n1)N[C@@H](C(C)(C)C)C(=O)N1C[C@@H](C[C@H]1C(=O)N[C@]1(C(=O)NS(=O)(=O)C3CC3)C[C@H]1C(F)F)n1nnc-2n1. The van der Waals surface area contributed by atoms with Gasteiger partial charge in [-0.05, 0) is 79.3 Å². The standard InChI is InChI=1S/C35H45F2N9O6S2/c1-34(2,3)27-31(48)45-17-22(15-25(45)30(47)40-35(16-24(35)28(36)37)32(49)43-54(50,51)23-11-12-23)46-42-29(41-44-46)20-10-13-26(52-4)19(14-20)8-6-5-7-9-21-18-53-33(38-21)39-27/h10,13-14,18,22-25,27-28H,5-9,11-12,15-17H2,1-4H3,(H,38,39)(H,40,47)(H,43,49)/t22-,24+,25+,27-,35-/m1/s1. The smallest absolute Gasteiger partial charge is 0.259 e. The summed E-state index contributed by atoms with van der Waals surface area (Å²) < 4.78 is 61.1. The highest BCUT2D eigenvalue weighted by atomic mass is 32.2. The Morgan fingerprint density at radius 3 is 2.59 bits per heavy atom. The minimum absolute atomic E-state index is 0.0308. The molecule has 3 fully saturated rings. The van der Waals surface area contributed by atoms with Gasteiger partial charge in [0.15, 0.2) is 5.13 Å². The second kappa shape index (κ2) is 14.4. The van der Waals surface area contributed by atoms with Crippen LogP contribution in [0.4, 0.5) is 13.9 Å². The third-order valence-corrected chi connectivity index (χ3v) is 13.4. The first-order valence-corrected chi connectivity index (χ1v) is 20.7. The number of tetrazole rings is 1. The topological polar surface area (TPSA) is 190 Å². The molecule has 54 heavy (non-hydrogen) atoms. The van der Waals surface area contributed by atoms with Crippen molar-refractivity contribution in [2.75, 3.05) is 19.0 Å². The fraction of sp³-hybridized carbons (Fsp3) is 0.629. The van der Waals surface area contributed by atoms with Crippen molar-refractivity contribution in [3.05, 3.63) is 34.8 Å². The third kappa shape index (κ3) is 7.65. The van der Waals surface area contributed by atoms with Gasteiger partial charge in [-0.3, -0.25) is 19.1 Å². The Bertz CT molecular complexity index is 2030. The van der Waals surface area contributed by atoms with Crippen molar-refractivity contribution < 1.29 is 36.3 Å². The summed E-state index contributed by atoms with van der Waals surface area (Å²) >= 11 is 1.38.